The molecular weight excluding hydrogens is 242 g/mol. The molecule has 1 unspecified atom stereocenters. The highest BCUT2D eigenvalue weighted by molar-refractivity contribution is 4.76. The molecule has 0 aromatic rings. The molecule has 4 heteroatoms. The molecule has 4 nitrogen and oxygen atoms in total. The molecule has 19 heavy (non-hydrogen) atoms. The summed E-state index contributed by atoms with van der Waals surface area (Å²) in [6, 6.07) is 0.612. The molecule has 0 aliphatic carbocycles. The Balaban J connectivity index is 2.12. The Bertz CT molecular complexity index is 196. The Morgan fingerprint density at radius 2 is 1.74 bits per heavy atom. The van der Waals surface area contributed by atoms with E-state index in [0.717, 1.165) is 38.9 Å². The minimum absolute atomic E-state index is 0.0670. The number of ether oxygens (including phenoxy) is 2. The first-order valence-electron chi connectivity index (χ1n) is 7.86. The van der Waals surface area contributed by atoms with E-state index in [1.165, 1.54) is 25.9 Å². The number of unbranched alkanes of at least 4 members (excludes halogenated alkanes) is 1. The van der Waals surface area contributed by atoms with Crippen molar-refractivity contribution >= 4 is 0 Å². The van der Waals surface area contributed by atoms with Crippen LogP contribution < -0.4 is 0 Å². The zero-order chi connectivity index (χ0) is 13.8. The number of rotatable bonds is 12. The van der Waals surface area contributed by atoms with Gasteiger partial charge in [-0.3, -0.25) is 0 Å². The predicted octanol–water partition coefficient (Wildman–Crippen LogP) is 2.49. The van der Waals surface area contributed by atoms with E-state index in [-0.39, 0.29) is 6.61 Å². The summed E-state index contributed by atoms with van der Waals surface area (Å²) in [5.74, 6) is 0. The first kappa shape index (κ1) is 16.9. The first-order chi connectivity index (χ1) is 9.38. The van der Waals surface area contributed by atoms with Crippen LogP contribution in [0.25, 0.3) is 0 Å². The summed E-state index contributed by atoms with van der Waals surface area (Å²) in [6.07, 6.45) is 6.76. The van der Waals surface area contributed by atoms with Crippen molar-refractivity contribution in [1.82, 2.24) is 4.90 Å². The van der Waals surface area contributed by atoms with Crippen molar-refractivity contribution in [2.24, 2.45) is 0 Å². The Kier molecular flexibility index (Phi) is 10.4. The molecule has 0 aromatic carbocycles. The monoisotopic (exact) mass is 272 g/mol. The van der Waals surface area contributed by atoms with E-state index in [1.54, 1.807) is 0 Å². The SMILES string of the molecule is CCOCCOCCC(CCCC[O])N1CCCC1. The lowest BCUT2D eigenvalue weighted by Gasteiger charge is -2.27. The molecule has 0 spiro atoms. The van der Waals surface area contributed by atoms with Gasteiger partial charge in [-0.1, -0.05) is 0 Å². The number of nitrogens with zero attached hydrogens (tertiary/aromatic N) is 1. The first-order valence-corrected chi connectivity index (χ1v) is 7.86. The average molecular weight is 272 g/mol. The largest absolute Gasteiger partial charge is 0.379 e. The van der Waals surface area contributed by atoms with E-state index in [0.29, 0.717) is 19.3 Å². The molecule has 0 bridgehead atoms. The standard InChI is InChI=1S/C15H30NO3/c1-2-18-13-14-19-12-8-15(7-3-6-11-17)16-9-4-5-10-16/h15H,2-14H2,1H3. The van der Waals surface area contributed by atoms with Gasteiger partial charge in [0.15, 0.2) is 0 Å². The third-order valence-electron chi connectivity index (χ3n) is 3.76. The van der Waals surface area contributed by atoms with Gasteiger partial charge in [0.1, 0.15) is 0 Å². The number of likely N-dealkylation sites (tertiary alicyclic amines) is 1. The molecule has 113 valence electrons. The fourth-order valence-corrected chi connectivity index (χ4v) is 2.68. The number of hydrogen-bond acceptors (Lipinski definition) is 3. The summed E-state index contributed by atoms with van der Waals surface area (Å²) < 4.78 is 10.9. The van der Waals surface area contributed by atoms with Gasteiger partial charge in [-0.2, -0.15) is 0 Å². The normalized spacial score (nSPS) is 18.0. The second-order valence-electron chi connectivity index (χ2n) is 5.19. The highest BCUT2D eigenvalue weighted by Gasteiger charge is 2.21. The van der Waals surface area contributed by atoms with E-state index >= 15 is 0 Å². The highest BCUT2D eigenvalue weighted by atomic mass is 16.5. The third-order valence-corrected chi connectivity index (χ3v) is 3.76. The van der Waals surface area contributed by atoms with Crippen molar-refractivity contribution in [3.8, 4) is 0 Å². The predicted molar refractivity (Wildman–Crippen MR) is 75.9 cm³/mol. The summed E-state index contributed by atoms with van der Waals surface area (Å²) in [4.78, 5) is 2.58. The molecule has 0 N–H and O–H groups in total. The van der Waals surface area contributed by atoms with E-state index in [4.69, 9.17) is 9.47 Å². The van der Waals surface area contributed by atoms with Gasteiger partial charge in [0.25, 0.3) is 0 Å². The van der Waals surface area contributed by atoms with Crippen LogP contribution in [0.15, 0.2) is 0 Å². The highest BCUT2D eigenvalue weighted by Crippen LogP contribution is 2.18. The van der Waals surface area contributed by atoms with Gasteiger partial charge in [0, 0.05) is 19.3 Å². The van der Waals surface area contributed by atoms with E-state index in [2.05, 4.69) is 4.90 Å². The molecule has 1 aliphatic heterocycles. The van der Waals surface area contributed by atoms with Crippen molar-refractivity contribution in [1.29, 1.82) is 0 Å². The maximum Gasteiger partial charge on any atom is 0.0822 e. The molecule has 1 saturated heterocycles. The maximum absolute atomic E-state index is 10.5. The van der Waals surface area contributed by atoms with Crippen molar-refractivity contribution in [3.63, 3.8) is 0 Å². The van der Waals surface area contributed by atoms with Crippen molar-refractivity contribution in [2.45, 2.75) is 51.5 Å². The molecule has 0 saturated carbocycles. The molecular formula is C15H30NO3. The van der Waals surface area contributed by atoms with E-state index < -0.39 is 0 Å². The second-order valence-corrected chi connectivity index (χ2v) is 5.19. The minimum atomic E-state index is 0.0670. The van der Waals surface area contributed by atoms with Gasteiger partial charge in [0.05, 0.1) is 19.8 Å². The molecule has 1 radical (unpaired) electrons. The van der Waals surface area contributed by atoms with Crippen molar-refractivity contribution in [2.75, 3.05) is 46.1 Å². The van der Waals surface area contributed by atoms with Gasteiger partial charge < -0.3 is 14.4 Å². The Morgan fingerprint density at radius 3 is 2.42 bits per heavy atom. The van der Waals surface area contributed by atoms with Crippen LogP contribution in [0.4, 0.5) is 0 Å². The lowest BCUT2D eigenvalue weighted by atomic mass is 10.1. The van der Waals surface area contributed by atoms with Crippen LogP contribution in [0.1, 0.15) is 45.4 Å². The van der Waals surface area contributed by atoms with Crippen LogP contribution in [0.2, 0.25) is 0 Å². The van der Waals surface area contributed by atoms with Crippen LogP contribution in [0, 0.1) is 0 Å². The molecule has 1 heterocycles. The van der Waals surface area contributed by atoms with Crippen LogP contribution in [0.5, 0.6) is 0 Å². The maximum atomic E-state index is 10.5. The summed E-state index contributed by atoms with van der Waals surface area (Å²) >= 11 is 0. The van der Waals surface area contributed by atoms with E-state index in [9.17, 15) is 5.11 Å². The molecule has 1 fully saturated rings. The van der Waals surface area contributed by atoms with Gasteiger partial charge in [0.2, 0.25) is 0 Å². The zero-order valence-electron chi connectivity index (χ0n) is 12.4. The summed E-state index contributed by atoms with van der Waals surface area (Å²) in [6.45, 7) is 7.47. The van der Waals surface area contributed by atoms with Crippen molar-refractivity contribution in [3.05, 3.63) is 0 Å². The topological polar surface area (TPSA) is 41.6 Å². The van der Waals surface area contributed by atoms with Crippen LogP contribution >= 0.6 is 0 Å². The molecule has 1 aliphatic rings. The quantitative estimate of drug-likeness (QED) is 0.513. The molecule has 0 aromatic heterocycles. The van der Waals surface area contributed by atoms with Crippen LogP contribution in [0.3, 0.4) is 0 Å². The Morgan fingerprint density at radius 1 is 1.00 bits per heavy atom. The Labute approximate surface area is 118 Å². The minimum Gasteiger partial charge on any atom is -0.379 e. The van der Waals surface area contributed by atoms with Crippen LogP contribution in [-0.4, -0.2) is 57.1 Å². The van der Waals surface area contributed by atoms with Gasteiger partial charge >= 0.3 is 0 Å². The van der Waals surface area contributed by atoms with Crippen molar-refractivity contribution < 1.29 is 14.6 Å². The Hall–Kier alpha value is -0.160. The van der Waals surface area contributed by atoms with E-state index in [1.807, 2.05) is 6.92 Å². The third kappa shape index (κ3) is 7.88. The van der Waals surface area contributed by atoms with Gasteiger partial charge in [-0.15, -0.1) is 0 Å². The molecule has 1 atom stereocenters. The molecule has 1 rings (SSSR count). The smallest absolute Gasteiger partial charge is 0.0822 e. The average Bonchev–Trinajstić information content (AvgIpc) is 2.94. The van der Waals surface area contributed by atoms with Gasteiger partial charge in [-0.05, 0) is 58.5 Å². The molecule has 0 amide bonds. The lowest BCUT2D eigenvalue weighted by molar-refractivity contribution is 0.0423. The second kappa shape index (κ2) is 11.6. The zero-order valence-corrected chi connectivity index (χ0v) is 12.4. The lowest BCUT2D eigenvalue weighted by Crippen LogP contribution is -2.33. The fourth-order valence-electron chi connectivity index (χ4n) is 2.68. The summed E-state index contributed by atoms with van der Waals surface area (Å²) in [5, 5.41) is 10.5. The fraction of sp³-hybridized carbons (Fsp3) is 1.00. The number of hydrogen-bond donors (Lipinski definition) is 0. The summed E-state index contributed by atoms with van der Waals surface area (Å²) in [5.41, 5.74) is 0. The summed E-state index contributed by atoms with van der Waals surface area (Å²) in [7, 11) is 0. The van der Waals surface area contributed by atoms with Crippen LogP contribution in [-0.2, 0) is 14.6 Å². The van der Waals surface area contributed by atoms with Gasteiger partial charge in [-0.25, -0.2) is 5.11 Å².